The van der Waals surface area contributed by atoms with E-state index in [1.165, 1.54) is 6.20 Å². The Kier molecular flexibility index (Phi) is 1.99. The molecule has 0 bridgehead atoms. The van der Waals surface area contributed by atoms with Crippen LogP contribution in [0.3, 0.4) is 0 Å². The summed E-state index contributed by atoms with van der Waals surface area (Å²) in [4.78, 5) is 14.9. The quantitative estimate of drug-likeness (QED) is 0.649. The standard InChI is InChI=1S/C10H6ClNO/c11-10(13)9-6-12-5-7-3-1-2-4-8(7)9/h1-6H. The van der Waals surface area contributed by atoms with Gasteiger partial charge in [0.2, 0.25) is 0 Å². The second kappa shape index (κ2) is 3.15. The minimum absolute atomic E-state index is 0.458. The van der Waals surface area contributed by atoms with Crippen LogP contribution in [0.1, 0.15) is 10.4 Å². The van der Waals surface area contributed by atoms with Crippen LogP contribution in [-0.4, -0.2) is 10.2 Å². The molecular formula is C10H6ClNO. The van der Waals surface area contributed by atoms with Gasteiger partial charge in [0.15, 0.2) is 0 Å². The lowest BCUT2D eigenvalue weighted by Gasteiger charge is -1.99. The summed E-state index contributed by atoms with van der Waals surface area (Å²) in [5, 5.41) is 1.30. The molecule has 64 valence electrons. The highest BCUT2D eigenvalue weighted by Gasteiger charge is 2.06. The molecule has 0 aliphatic heterocycles. The van der Waals surface area contributed by atoms with E-state index in [9.17, 15) is 4.79 Å². The van der Waals surface area contributed by atoms with Crippen LogP contribution in [0.2, 0.25) is 0 Å². The number of hydrogen-bond acceptors (Lipinski definition) is 2. The summed E-state index contributed by atoms with van der Waals surface area (Å²) in [5.74, 6) is 0. The summed E-state index contributed by atoms with van der Waals surface area (Å²) in [6.45, 7) is 0. The Morgan fingerprint density at radius 1 is 1.23 bits per heavy atom. The maximum Gasteiger partial charge on any atom is 0.254 e. The number of carbonyl (C=O) groups is 1. The van der Waals surface area contributed by atoms with Gasteiger partial charge in [0.25, 0.3) is 5.24 Å². The molecule has 0 saturated heterocycles. The lowest BCUT2D eigenvalue weighted by Crippen LogP contribution is -1.91. The molecule has 0 unspecified atom stereocenters. The molecule has 1 aromatic heterocycles. The molecule has 2 aromatic rings. The number of carbonyl (C=O) groups excluding carboxylic acids is 1. The number of pyridine rings is 1. The van der Waals surface area contributed by atoms with Crippen LogP contribution < -0.4 is 0 Å². The van der Waals surface area contributed by atoms with Gasteiger partial charge in [-0.15, -0.1) is 0 Å². The lowest BCUT2D eigenvalue weighted by atomic mass is 10.1. The highest BCUT2D eigenvalue weighted by molar-refractivity contribution is 6.68. The summed E-state index contributed by atoms with van der Waals surface area (Å²) < 4.78 is 0. The van der Waals surface area contributed by atoms with E-state index >= 15 is 0 Å². The number of nitrogens with zero attached hydrogens (tertiary/aromatic N) is 1. The molecule has 0 aliphatic rings. The molecule has 0 fully saturated rings. The number of rotatable bonds is 1. The lowest BCUT2D eigenvalue weighted by molar-refractivity contribution is 0.108. The molecule has 1 aromatic carbocycles. The van der Waals surface area contributed by atoms with E-state index in [1.54, 1.807) is 6.20 Å². The SMILES string of the molecule is O=C(Cl)c1cncc2ccccc12. The van der Waals surface area contributed by atoms with Gasteiger partial charge in [-0.3, -0.25) is 9.78 Å². The Labute approximate surface area is 80.2 Å². The van der Waals surface area contributed by atoms with Crippen LogP contribution >= 0.6 is 11.6 Å². The predicted molar refractivity (Wildman–Crippen MR) is 51.9 cm³/mol. The number of benzene rings is 1. The summed E-state index contributed by atoms with van der Waals surface area (Å²) in [6.07, 6.45) is 3.19. The molecule has 0 spiro atoms. The average molecular weight is 192 g/mol. The summed E-state index contributed by atoms with van der Waals surface area (Å²) in [7, 11) is 0. The van der Waals surface area contributed by atoms with Crippen LogP contribution in [0.25, 0.3) is 10.8 Å². The molecule has 13 heavy (non-hydrogen) atoms. The fraction of sp³-hybridized carbons (Fsp3) is 0. The predicted octanol–water partition coefficient (Wildman–Crippen LogP) is 2.61. The second-order valence-corrected chi connectivity index (χ2v) is 3.03. The van der Waals surface area contributed by atoms with Crippen LogP contribution in [0.4, 0.5) is 0 Å². The zero-order valence-electron chi connectivity index (χ0n) is 6.70. The highest BCUT2D eigenvalue weighted by atomic mass is 35.5. The third-order valence-corrected chi connectivity index (χ3v) is 2.08. The molecule has 2 rings (SSSR count). The number of fused-ring (bicyclic) bond motifs is 1. The maximum absolute atomic E-state index is 11.0. The number of halogens is 1. The van der Waals surface area contributed by atoms with E-state index in [0.29, 0.717) is 5.56 Å². The Bertz CT molecular complexity index is 462. The fourth-order valence-corrected chi connectivity index (χ4v) is 1.42. The van der Waals surface area contributed by atoms with Crippen LogP contribution in [0.15, 0.2) is 36.7 Å². The summed E-state index contributed by atoms with van der Waals surface area (Å²) in [5.41, 5.74) is 0.458. The van der Waals surface area contributed by atoms with Crippen molar-refractivity contribution in [3.05, 3.63) is 42.2 Å². The topological polar surface area (TPSA) is 30.0 Å². The first kappa shape index (κ1) is 8.20. The van der Waals surface area contributed by atoms with Gasteiger partial charge >= 0.3 is 0 Å². The molecule has 0 atom stereocenters. The first-order valence-electron chi connectivity index (χ1n) is 3.81. The van der Waals surface area contributed by atoms with Crippen molar-refractivity contribution in [1.82, 2.24) is 4.98 Å². The zero-order chi connectivity index (χ0) is 9.26. The van der Waals surface area contributed by atoms with E-state index in [1.807, 2.05) is 24.3 Å². The fourth-order valence-electron chi connectivity index (χ4n) is 1.27. The normalized spacial score (nSPS) is 10.2. The van der Waals surface area contributed by atoms with Crippen molar-refractivity contribution in [3.63, 3.8) is 0 Å². The van der Waals surface area contributed by atoms with Crippen molar-refractivity contribution < 1.29 is 4.79 Å². The van der Waals surface area contributed by atoms with Crippen molar-refractivity contribution in [2.75, 3.05) is 0 Å². The first-order chi connectivity index (χ1) is 6.29. The van der Waals surface area contributed by atoms with E-state index < -0.39 is 5.24 Å². The van der Waals surface area contributed by atoms with E-state index in [4.69, 9.17) is 11.6 Å². The van der Waals surface area contributed by atoms with Gasteiger partial charge in [-0.05, 0) is 17.0 Å². The van der Waals surface area contributed by atoms with Crippen molar-refractivity contribution in [2.24, 2.45) is 0 Å². The van der Waals surface area contributed by atoms with E-state index in [2.05, 4.69) is 4.98 Å². The largest absolute Gasteiger partial charge is 0.276 e. The van der Waals surface area contributed by atoms with Crippen molar-refractivity contribution in [2.45, 2.75) is 0 Å². The third-order valence-electron chi connectivity index (χ3n) is 1.88. The van der Waals surface area contributed by atoms with Gasteiger partial charge in [0, 0.05) is 17.8 Å². The third kappa shape index (κ3) is 1.40. The molecule has 0 radical (unpaired) electrons. The van der Waals surface area contributed by atoms with Crippen LogP contribution in [-0.2, 0) is 0 Å². The van der Waals surface area contributed by atoms with E-state index in [0.717, 1.165) is 10.8 Å². The van der Waals surface area contributed by atoms with Gasteiger partial charge in [0.05, 0.1) is 5.56 Å². The Balaban J connectivity index is 2.83. The van der Waals surface area contributed by atoms with Gasteiger partial charge in [-0.1, -0.05) is 24.3 Å². The van der Waals surface area contributed by atoms with Crippen LogP contribution in [0, 0.1) is 0 Å². The van der Waals surface area contributed by atoms with Gasteiger partial charge in [-0.25, -0.2) is 0 Å². The highest BCUT2D eigenvalue weighted by Crippen LogP contribution is 2.18. The molecule has 1 heterocycles. The van der Waals surface area contributed by atoms with Gasteiger partial charge < -0.3 is 0 Å². The minimum atomic E-state index is -0.468. The summed E-state index contributed by atoms with van der Waals surface area (Å²) in [6, 6.07) is 7.51. The molecule has 3 heteroatoms. The molecule has 2 nitrogen and oxygen atoms in total. The Morgan fingerprint density at radius 2 is 2.00 bits per heavy atom. The first-order valence-corrected chi connectivity index (χ1v) is 4.19. The molecule has 0 N–H and O–H groups in total. The maximum atomic E-state index is 11.0. The smallest absolute Gasteiger partial charge is 0.254 e. The van der Waals surface area contributed by atoms with Gasteiger partial charge in [-0.2, -0.15) is 0 Å². The molecular weight excluding hydrogens is 186 g/mol. The molecule has 0 amide bonds. The van der Waals surface area contributed by atoms with E-state index in [-0.39, 0.29) is 0 Å². The van der Waals surface area contributed by atoms with Crippen molar-refractivity contribution in [1.29, 1.82) is 0 Å². The Morgan fingerprint density at radius 3 is 2.77 bits per heavy atom. The minimum Gasteiger partial charge on any atom is -0.276 e. The molecule has 0 saturated carbocycles. The average Bonchev–Trinajstić information content (AvgIpc) is 2.17. The monoisotopic (exact) mass is 191 g/mol. The zero-order valence-corrected chi connectivity index (χ0v) is 7.45. The van der Waals surface area contributed by atoms with Crippen molar-refractivity contribution in [3.8, 4) is 0 Å². The second-order valence-electron chi connectivity index (χ2n) is 2.68. The number of hydrogen-bond donors (Lipinski definition) is 0. The number of aromatic nitrogens is 1. The van der Waals surface area contributed by atoms with Gasteiger partial charge in [0.1, 0.15) is 0 Å². The summed E-state index contributed by atoms with van der Waals surface area (Å²) >= 11 is 5.40. The van der Waals surface area contributed by atoms with Crippen molar-refractivity contribution >= 4 is 27.6 Å². The Hall–Kier alpha value is -1.41. The molecule has 0 aliphatic carbocycles. The van der Waals surface area contributed by atoms with Crippen LogP contribution in [0.5, 0.6) is 0 Å².